The topological polar surface area (TPSA) is 105 Å². The Bertz CT molecular complexity index is 1270. The largest absolute Gasteiger partial charge is 0.474 e. The quantitative estimate of drug-likeness (QED) is 0.317. The summed E-state index contributed by atoms with van der Waals surface area (Å²) in [6.45, 7) is 6.58. The van der Waals surface area contributed by atoms with Crippen LogP contribution in [0, 0.1) is 0 Å². The highest BCUT2D eigenvalue weighted by Gasteiger charge is 2.17. The molecule has 4 aromatic rings. The van der Waals surface area contributed by atoms with Gasteiger partial charge in [0.15, 0.2) is 0 Å². The number of nitrogens with zero attached hydrogens (tertiary/aromatic N) is 5. The summed E-state index contributed by atoms with van der Waals surface area (Å²) in [6, 6.07) is 7.47. The van der Waals surface area contributed by atoms with E-state index in [-0.39, 0.29) is 12.1 Å². The fraction of sp³-hybridized carbons (Fsp3) is 0.348. The van der Waals surface area contributed by atoms with E-state index in [1.807, 2.05) is 36.7 Å². The zero-order valence-electron chi connectivity index (χ0n) is 18.6. The SMILES string of the molecule is CCOC(=O)CCCn1ncc2c(-c3noc(-c4cnc(OC(C)C)c(Cl)c4)n3)cccc21. The Balaban J connectivity index is 1.55. The maximum atomic E-state index is 11.6. The highest BCUT2D eigenvalue weighted by molar-refractivity contribution is 6.32. The first-order chi connectivity index (χ1) is 16.0. The third kappa shape index (κ3) is 5.14. The second kappa shape index (κ2) is 9.99. The minimum Gasteiger partial charge on any atom is -0.474 e. The molecule has 0 unspecified atom stereocenters. The number of esters is 1. The molecular weight excluding hydrogens is 446 g/mol. The summed E-state index contributed by atoms with van der Waals surface area (Å²) in [4.78, 5) is 20.4. The molecule has 0 radical (unpaired) electrons. The van der Waals surface area contributed by atoms with E-state index in [1.54, 1.807) is 25.4 Å². The molecule has 3 aromatic heterocycles. The van der Waals surface area contributed by atoms with Gasteiger partial charge in [-0.2, -0.15) is 10.1 Å². The van der Waals surface area contributed by atoms with Gasteiger partial charge in [0.05, 0.1) is 30.0 Å². The number of carbonyl (C=O) groups is 1. The zero-order chi connectivity index (χ0) is 23.4. The van der Waals surface area contributed by atoms with Crippen molar-refractivity contribution in [3.8, 4) is 28.7 Å². The van der Waals surface area contributed by atoms with Crippen LogP contribution in [0.15, 0.2) is 41.2 Å². The van der Waals surface area contributed by atoms with E-state index in [4.69, 9.17) is 25.6 Å². The van der Waals surface area contributed by atoms with Crippen molar-refractivity contribution >= 4 is 28.5 Å². The Morgan fingerprint density at radius 2 is 2.12 bits per heavy atom. The number of hydrogen-bond acceptors (Lipinski definition) is 8. The van der Waals surface area contributed by atoms with Gasteiger partial charge in [0.25, 0.3) is 5.89 Å². The standard InChI is InChI=1S/C23H24ClN5O4/c1-4-31-20(30)9-6-10-29-19-8-5-7-16(17(19)13-26-29)21-27-22(33-28-21)15-11-18(24)23(25-12-15)32-14(2)3/h5,7-8,11-14H,4,6,9-10H2,1-3H3. The van der Waals surface area contributed by atoms with Crippen molar-refractivity contribution in [2.45, 2.75) is 46.3 Å². The van der Waals surface area contributed by atoms with Gasteiger partial charge in [0.1, 0.15) is 5.02 Å². The highest BCUT2D eigenvalue weighted by atomic mass is 35.5. The number of pyridine rings is 1. The van der Waals surface area contributed by atoms with Crippen molar-refractivity contribution < 1.29 is 18.8 Å². The second-order valence-electron chi connectivity index (χ2n) is 7.62. The first kappa shape index (κ1) is 22.7. The number of benzene rings is 1. The molecule has 4 rings (SSSR count). The lowest BCUT2D eigenvalue weighted by Gasteiger charge is -2.09. The van der Waals surface area contributed by atoms with Crippen LogP contribution in [0.5, 0.6) is 5.88 Å². The molecule has 0 N–H and O–H groups in total. The van der Waals surface area contributed by atoms with Crippen molar-refractivity contribution in [2.75, 3.05) is 6.61 Å². The molecule has 0 spiro atoms. The normalized spacial score (nSPS) is 11.3. The van der Waals surface area contributed by atoms with Gasteiger partial charge in [-0.3, -0.25) is 9.48 Å². The van der Waals surface area contributed by atoms with E-state index in [1.165, 1.54) is 0 Å². The van der Waals surface area contributed by atoms with Crippen LogP contribution in [-0.2, 0) is 16.1 Å². The van der Waals surface area contributed by atoms with Crippen molar-refractivity contribution in [3.05, 3.63) is 41.7 Å². The Hall–Kier alpha value is -3.46. The molecular formula is C23H24ClN5O4. The van der Waals surface area contributed by atoms with Gasteiger partial charge in [-0.15, -0.1) is 0 Å². The van der Waals surface area contributed by atoms with Crippen molar-refractivity contribution in [1.82, 2.24) is 24.9 Å². The van der Waals surface area contributed by atoms with E-state index in [0.717, 1.165) is 16.5 Å². The molecule has 0 amide bonds. The van der Waals surface area contributed by atoms with E-state index >= 15 is 0 Å². The minimum absolute atomic E-state index is 0.0394. The maximum Gasteiger partial charge on any atom is 0.305 e. The van der Waals surface area contributed by atoms with E-state index in [0.29, 0.717) is 54.2 Å². The lowest BCUT2D eigenvalue weighted by atomic mass is 10.1. The first-order valence-corrected chi connectivity index (χ1v) is 11.1. The van der Waals surface area contributed by atoms with E-state index < -0.39 is 0 Å². The van der Waals surface area contributed by atoms with Crippen molar-refractivity contribution in [3.63, 3.8) is 0 Å². The molecule has 0 aliphatic rings. The lowest BCUT2D eigenvalue weighted by molar-refractivity contribution is -0.143. The summed E-state index contributed by atoms with van der Waals surface area (Å²) < 4.78 is 17.9. The van der Waals surface area contributed by atoms with Crippen LogP contribution in [0.3, 0.4) is 0 Å². The molecule has 33 heavy (non-hydrogen) atoms. The Labute approximate surface area is 195 Å². The van der Waals surface area contributed by atoms with Crippen LogP contribution in [0.1, 0.15) is 33.6 Å². The lowest BCUT2D eigenvalue weighted by Crippen LogP contribution is -2.07. The van der Waals surface area contributed by atoms with Gasteiger partial charge < -0.3 is 14.0 Å². The molecule has 0 saturated heterocycles. The Morgan fingerprint density at radius 1 is 1.27 bits per heavy atom. The molecule has 172 valence electrons. The first-order valence-electron chi connectivity index (χ1n) is 10.7. The summed E-state index contributed by atoms with van der Waals surface area (Å²) >= 11 is 6.29. The van der Waals surface area contributed by atoms with E-state index in [2.05, 4.69) is 20.2 Å². The molecule has 3 heterocycles. The molecule has 0 saturated carbocycles. The summed E-state index contributed by atoms with van der Waals surface area (Å²) in [5, 5.41) is 9.87. The van der Waals surface area contributed by atoms with Crippen molar-refractivity contribution in [2.24, 2.45) is 0 Å². The molecule has 0 bridgehead atoms. The van der Waals surface area contributed by atoms with Crippen LogP contribution in [0.25, 0.3) is 33.7 Å². The Kier molecular flexibility index (Phi) is 6.88. The molecule has 1 aromatic carbocycles. The number of fused-ring (bicyclic) bond motifs is 1. The number of halogens is 1. The van der Waals surface area contributed by atoms with E-state index in [9.17, 15) is 4.79 Å². The average molecular weight is 470 g/mol. The molecule has 0 aliphatic heterocycles. The fourth-order valence-corrected chi connectivity index (χ4v) is 3.60. The molecule has 0 aliphatic carbocycles. The van der Waals surface area contributed by atoms with Crippen LogP contribution in [0.2, 0.25) is 5.02 Å². The van der Waals surface area contributed by atoms with Gasteiger partial charge in [-0.25, -0.2) is 4.98 Å². The molecule has 9 nitrogen and oxygen atoms in total. The summed E-state index contributed by atoms with van der Waals surface area (Å²) in [5.74, 6) is 0.886. The number of ether oxygens (including phenoxy) is 2. The fourth-order valence-electron chi connectivity index (χ4n) is 3.39. The maximum absolute atomic E-state index is 11.6. The third-order valence-electron chi connectivity index (χ3n) is 4.81. The second-order valence-corrected chi connectivity index (χ2v) is 8.02. The molecule has 0 fully saturated rings. The van der Waals surface area contributed by atoms with Gasteiger partial charge in [-0.05, 0) is 39.3 Å². The summed E-state index contributed by atoms with van der Waals surface area (Å²) in [5.41, 5.74) is 2.30. The smallest absolute Gasteiger partial charge is 0.305 e. The van der Waals surface area contributed by atoms with Gasteiger partial charge in [0.2, 0.25) is 11.7 Å². The van der Waals surface area contributed by atoms with Gasteiger partial charge >= 0.3 is 5.97 Å². The number of hydrogen-bond donors (Lipinski definition) is 0. The minimum atomic E-state index is -0.202. The predicted octanol–water partition coefficient (Wildman–Crippen LogP) is 4.93. The monoisotopic (exact) mass is 469 g/mol. The van der Waals surface area contributed by atoms with Crippen molar-refractivity contribution in [1.29, 1.82) is 0 Å². The van der Waals surface area contributed by atoms with Gasteiger partial charge in [-0.1, -0.05) is 28.9 Å². The Morgan fingerprint density at radius 3 is 2.88 bits per heavy atom. The summed E-state index contributed by atoms with van der Waals surface area (Å²) in [6.07, 6.45) is 4.30. The highest BCUT2D eigenvalue weighted by Crippen LogP contribution is 2.31. The molecule has 0 atom stereocenters. The van der Waals surface area contributed by atoms with Crippen LogP contribution < -0.4 is 4.74 Å². The average Bonchev–Trinajstić information content (AvgIpc) is 3.43. The van der Waals surface area contributed by atoms with Crippen LogP contribution >= 0.6 is 11.6 Å². The predicted molar refractivity (Wildman–Crippen MR) is 123 cm³/mol. The zero-order valence-corrected chi connectivity index (χ0v) is 19.4. The number of aryl methyl sites for hydroxylation is 1. The number of carbonyl (C=O) groups excluding carboxylic acids is 1. The molecule has 10 heteroatoms. The number of aromatic nitrogens is 5. The third-order valence-corrected chi connectivity index (χ3v) is 5.08. The summed E-state index contributed by atoms with van der Waals surface area (Å²) in [7, 11) is 0. The number of rotatable bonds is 9. The van der Waals surface area contributed by atoms with Crippen LogP contribution in [-0.4, -0.2) is 43.6 Å². The van der Waals surface area contributed by atoms with Gasteiger partial charge in [0, 0.05) is 30.1 Å². The van der Waals surface area contributed by atoms with Crippen LogP contribution in [0.4, 0.5) is 0 Å².